The summed E-state index contributed by atoms with van der Waals surface area (Å²) in [5, 5.41) is 0. The first-order valence-electron chi connectivity index (χ1n) is 10.2. The fourth-order valence-electron chi connectivity index (χ4n) is 4.52. The molecule has 2 nitrogen and oxygen atoms in total. The van der Waals surface area contributed by atoms with Gasteiger partial charge in [0, 0.05) is 18.4 Å². The van der Waals surface area contributed by atoms with Gasteiger partial charge in [-0.25, -0.2) is 0 Å². The van der Waals surface area contributed by atoms with E-state index >= 15 is 0 Å². The molecule has 0 amide bonds. The number of hydrogen-bond acceptors (Lipinski definition) is 0. The van der Waals surface area contributed by atoms with Gasteiger partial charge in [-0.3, -0.25) is 9.15 Å². The predicted molar refractivity (Wildman–Crippen MR) is 120 cm³/mol. The fourth-order valence-corrected chi connectivity index (χ4v) is 4.52. The van der Waals surface area contributed by atoms with Gasteiger partial charge < -0.3 is 0 Å². The summed E-state index contributed by atoms with van der Waals surface area (Å²) < 4.78 is 3.95. The van der Waals surface area contributed by atoms with E-state index in [1.165, 1.54) is 33.4 Å². The molecule has 2 heteroatoms. The zero-order valence-electron chi connectivity index (χ0n) is 16.8. The highest BCUT2D eigenvalue weighted by molar-refractivity contribution is 5.69. The van der Waals surface area contributed by atoms with Gasteiger partial charge in [-0.2, -0.15) is 0 Å². The van der Waals surface area contributed by atoms with Crippen molar-refractivity contribution in [2.75, 3.05) is 0 Å². The lowest BCUT2D eigenvalue weighted by Gasteiger charge is -2.39. The Morgan fingerprint density at radius 3 is 2.24 bits per heavy atom. The summed E-state index contributed by atoms with van der Waals surface area (Å²) in [6, 6.07) is 2.22. The van der Waals surface area contributed by atoms with Crippen LogP contribution in [0.15, 0.2) is 107 Å². The molecule has 0 N–H and O–H groups in total. The largest absolute Gasteiger partial charge is 0.272 e. The molecule has 0 aromatic carbocycles. The molecule has 1 unspecified atom stereocenters. The predicted octanol–water partition coefficient (Wildman–Crippen LogP) is 5.31. The maximum absolute atomic E-state index is 4.29. The molecule has 29 heavy (non-hydrogen) atoms. The molecule has 0 saturated heterocycles. The van der Waals surface area contributed by atoms with Crippen LogP contribution >= 0.6 is 0 Å². The second kappa shape index (κ2) is 6.89. The van der Waals surface area contributed by atoms with Crippen molar-refractivity contribution in [3.63, 3.8) is 0 Å². The Morgan fingerprint density at radius 1 is 0.897 bits per heavy atom. The molecule has 1 atom stereocenters. The molecule has 0 aromatic rings. The highest BCUT2D eigenvalue weighted by Crippen LogP contribution is 2.48. The van der Waals surface area contributed by atoms with Gasteiger partial charge in [-0.05, 0) is 31.4 Å². The molecule has 0 radical (unpaired) electrons. The smallest absolute Gasteiger partial charge is 0.177 e. The van der Waals surface area contributed by atoms with Gasteiger partial charge in [0.1, 0.15) is 12.4 Å². The van der Waals surface area contributed by atoms with Crippen LogP contribution in [0.5, 0.6) is 0 Å². The van der Waals surface area contributed by atoms with Gasteiger partial charge in [-0.1, -0.05) is 58.7 Å². The van der Waals surface area contributed by atoms with Gasteiger partial charge in [0.15, 0.2) is 12.1 Å². The van der Waals surface area contributed by atoms with Crippen molar-refractivity contribution >= 4 is 13.4 Å². The topological polar surface area (TPSA) is 6.02 Å². The van der Waals surface area contributed by atoms with E-state index in [2.05, 4.69) is 99.9 Å². The SMILES string of the molecule is C=[N+]1C=CC(=C2C=CCC(C)[CH+]2)C2=CC=C3C(=C4C=CC=CC4)C=C[N+](=C)[C-]3[C-]21. The summed E-state index contributed by atoms with van der Waals surface area (Å²) >= 11 is 0. The minimum absolute atomic E-state index is 0.560. The highest BCUT2D eigenvalue weighted by Gasteiger charge is 2.41. The summed E-state index contributed by atoms with van der Waals surface area (Å²) in [7, 11) is 0. The van der Waals surface area contributed by atoms with Crippen molar-refractivity contribution in [2.45, 2.75) is 19.8 Å². The van der Waals surface area contributed by atoms with E-state index in [0.717, 1.165) is 24.9 Å². The van der Waals surface area contributed by atoms with Crippen molar-refractivity contribution in [2.24, 2.45) is 5.92 Å². The average Bonchev–Trinajstić information content (AvgIpc) is 2.74. The molecule has 0 fully saturated rings. The highest BCUT2D eigenvalue weighted by atomic mass is 15.1. The Hall–Kier alpha value is -3.39. The van der Waals surface area contributed by atoms with Gasteiger partial charge in [0.05, 0.1) is 19.0 Å². The lowest BCUT2D eigenvalue weighted by Crippen LogP contribution is -2.36. The van der Waals surface area contributed by atoms with E-state index in [9.17, 15) is 0 Å². The Morgan fingerprint density at radius 2 is 1.59 bits per heavy atom. The monoisotopic (exact) mass is 377 g/mol. The summed E-state index contributed by atoms with van der Waals surface area (Å²) in [5.41, 5.74) is 7.55. The van der Waals surface area contributed by atoms with Crippen LogP contribution in [0.3, 0.4) is 0 Å². The van der Waals surface area contributed by atoms with E-state index in [-0.39, 0.29) is 0 Å². The maximum Gasteiger partial charge on any atom is 0.177 e. The standard InChI is InChI=1S/C27H25N2/c1-19-8-7-11-21(18-19)23-15-17-29(3)27-25(23)13-12-24-22(14-16-28(2)26(24)27)20-9-5-4-6-10-20/h4-7,9,11-19H,2-3,8,10H2,1H3/q+1. The second-order valence-electron chi connectivity index (χ2n) is 8.01. The van der Waals surface area contributed by atoms with Gasteiger partial charge in [0.25, 0.3) is 0 Å². The average molecular weight is 378 g/mol. The van der Waals surface area contributed by atoms with Crippen LogP contribution < -0.4 is 0 Å². The lowest BCUT2D eigenvalue weighted by molar-refractivity contribution is -0.497. The van der Waals surface area contributed by atoms with Gasteiger partial charge >= 0.3 is 0 Å². The molecule has 0 saturated carbocycles. The molecule has 5 rings (SSSR count). The number of allylic oxidation sites excluding steroid dienone is 12. The third kappa shape index (κ3) is 2.92. The van der Waals surface area contributed by atoms with Crippen LogP contribution in [0.1, 0.15) is 19.8 Å². The molecular weight excluding hydrogens is 352 g/mol. The minimum Gasteiger partial charge on any atom is -0.272 e. The Balaban J connectivity index is 1.66. The van der Waals surface area contributed by atoms with Gasteiger partial charge in [0.2, 0.25) is 0 Å². The summed E-state index contributed by atoms with van der Waals surface area (Å²) in [6.07, 6.45) is 30.5. The minimum atomic E-state index is 0.560. The Kier molecular flexibility index (Phi) is 4.21. The summed E-state index contributed by atoms with van der Waals surface area (Å²) in [5.74, 6) is 0.560. The molecule has 2 aliphatic heterocycles. The first-order chi connectivity index (χ1) is 14.1. The number of nitrogens with zero attached hydrogens (tertiary/aromatic N) is 2. The van der Waals surface area contributed by atoms with Crippen LogP contribution in [-0.2, 0) is 0 Å². The Bertz CT molecular complexity index is 1080. The van der Waals surface area contributed by atoms with E-state index in [1.54, 1.807) is 0 Å². The summed E-state index contributed by atoms with van der Waals surface area (Å²) in [6.45, 7) is 10.8. The van der Waals surface area contributed by atoms with Crippen molar-refractivity contribution in [1.29, 1.82) is 0 Å². The third-order valence-corrected chi connectivity index (χ3v) is 5.96. The molecule has 2 heterocycles. The zero-order valence-corrected chi connectivity index (χ0v) is 16.8. The third-order valence-electron chi connectivity index (χ3n) is 5.96. The first-order valence-corrected chi connectivity index (χ1v) is 10.2. The van der Waals surface area contributed by atoms with Crippen molar-refractivity contribution < 1.29 is 9.15 Å². The molecule has 3 aliphatic carbocycles. The van der Waals surface area contributed by atoms with Crippen molar-refractivity contribution in [3.05, 3.63) is 125 Å². The normalized spacial score (nSPS) is 30.2. The van der Waals surface area contributed by atoms with E-state index < -0.39 is 0 Å². The zero-order chi connectivity index (χ0) is 20.0. The molecule has 0 spiro atoms. The molecule has 0 bridgehead atoms. The van der Waals surface area contributed by atoms with Crippen LogP contribution in [0.25, 0.3) is 0 Å². The van der Waals surface area contributed by atoms with E-state index in [0.29, 0.717) is 5.92 Å². The second-order valence-corrected chi connectivity index (χ2v) is 8.01. The molecule has 0 aromatic heterocycles. The van der Waals surface area contributed by atoms with Crippen LogP contribution in [0, 0.1) is 24.4 Å². The number of rotatable bonds is 0. The molecule has 5 aliphatic rings. The summed E-state index contributed by atoms with van der Waals surface area (Å²) in [4.78, 5) is 0. The molecular formula is C27H25N2+. The number of fused-ring (bicyclic) bond motifs is 3. The first kappa shape index (κ1) is 17.7. The van der Waals surface area contributed by atoms with E-state index in [1.807, 2.05) is 9.15 Å². The van der Waals surface area contributed by atoms with Crippen LogP contribution in [0.2, 0.25) is 0 Å². The quantitative estimate of drug-likeness (QED) is 0.399. The Labute approximate surface area is 173 Å². The number of hydrogen-bond donors (Lipinski definition) is 0. The fraction of sp³-hybridized carbons (Fsp3) is 0.148. The lowest BCUT2D eigenvalue weighted by atomic mass is 9.75. The maximum atomic E-state index is 4.29. The van der Waals surface area contributed by atoms with Crippen molar-refractivity contribution in [3.8, 4) is 0 Å². The van der Waals surface area contributed by atoms with E-state index in [4.69, 9.17) is 0 Å². The molecule has 142 valence electrons. The van der Waals surface area contributed by atoms with Crippen LogP contribution in [0.4, 0.5) is 0 Å². The van der Waals surface area contributed by atoms with Crippen LogP contribution in [-0.4, -0.2) is 22.6 Å². The van der Waals surface area contributed by atoms with Gasteiger partial charge in [-0.15, -0.1) is 12.2 Å². The van der Waals surface area contributed by atoms with Crippen molar-refractivity contribution in [1.82, 2.24) is 0 Å².